The fourth-order valence-electron chi connectivity index (χ4n) is 1.57. The molecule has 0 radical (unpaired) electrons. The van der Waals surface area contributed by atoms with Gasteiger partial charge < -0.3 is 9.84 Å². The third kappa shape index (κ3) is 2.15. The molecule has 1 atom stereocenters. The Kier molecular flexibility index (Phi) is 3.36. The average molecular weight is 237 g/mol. The Bertz CT molecular complexity index is 463. The Balaban J connectivity index is 2.23. The van der Waals surface area contributed by atoms with E-state index >= 15 is 0 Å². The molecule has 2 heterocycles. The first-order valence-electron chi connectivity index (χ1n) is 5.24. The molecule has 16 heavy (non-hydrogen) atoms. The van der Waals surface area contributed by atoms with Crippen molar-refractivity contribution < 1.29 is 4.52 Å². The van der Waals surface area contributed by atoms with Crippen LogP contribution in [0.25, 0.3) is 10.4 Å². The molecule has 1 unspecified atom stereocenters. The summed E-state index contributed by atoms with van der Waals surface area (Å²) in [4.78, 5) is 5.56. The van der Waals surface area contributed by atoms with Gasteiger partial charge in [0, 0.05) is 18.7 Å². The normalized spacial score (nSPS) is 12.9. The van der Waals surface area contributed by atoms with E-state index < -0.39 is 0 Å². The molecule has 0 saturated carbocycles. The van der Waals surface area contributed by atoms with E-state index in [2.05, 4.69) is 22.4 Å². The molecule has 0 aliphatic carbocycles. The number of thiazole rings is 1. The van der Waals surface area contributed by atoms with Gasteiger partial charge in [0.2, 0.25) is 0 Å². The van der Waals surface area contributed by atoms with Gasteiger partial charge in [0.05, 0.1) is 21.6 Å². The van der Waals surface area contributed by atoms with Crippen LogP contribution in [0.3, 0.4) is 0 Å². The molecule has 0 saturated heterocycles. The summed E-state index contributed by atoms with van der Waals surface area (Å²) in [6.07, 6.45) is 3.64. The minimum absolute atomic E-state index is 0.434. The van der Waals surface area contributed by atoms with Gasteiger partial charge in [0.25, 0.3) is 0 Å². The van der Waals surface area contributed by atoms with Crippen LogP contribution in [0.2, 0.25) is 0 Å². The fourth-order valence-corrected chi connectivity index (χ4v) is 2.60. The van der Waals surface area contributed by atoms with E-state index in [1.807, 2.05) is 20.2 Å². The quantitative estimate of drug-likeness (QED) is 0.887. The number of aryl methyl sites for hydroxylation is 1. The molecule has 0 amide bonds. The minimum Gasteiger partial charge on any atom is -0.361 e. The monoisotopic (exact) mass is 237 g/mol. The lowest BCUT2D eigenvalue weighted by Crippen LogP contribution is -2.14. The van der Waals surface area contributed by atoms with Gasteiger partial charge in [-0.05, 0) is 14.0 Å². The Morgan fingerprint density at radius 3 is 2.94 bits per heavy atom. The van der Waals surface area contributed by atoms with Crippen molar-refractivity contribution in [2.75, 3.05) is 13.6 Å². The molecule has 4 nitrogen and oxygen atoms in total. The lowest BCUT2D eigenvalue weighted by Gasteiger charge is -2.05. The highest BCUT2D eigenvalue weighted by Crippen LogP contribution is 2.31. The smallest absolute Gasteiger partial charge is 0.142 e. The molecule has 0 aliphatic rings. The van der Waals surface area contributed by atoms with E-state index in [-0.39, 0.29) is 0 Å². The van der Waals surface area contributed by atoms with Gasteiger partial charge >= 0.3 is 0 Å². The molecule has 2 rings (SSSR count). The molecular formula is C11H15N3OS. The van der Waals surface area contributed by atoms with Crippen molar-refractivity contribution in [3.05, 3.63) is 23.2 Å². The van der Waals surface area contributed by atoms with Crippen LogP contribution in [0.15, 0.2) is 16.9 Å². The van der Waals surface area contributed by atoms with Gasteiger partial charge in [-0.2, -0.15) is 0 Å². The fraction of sp³-hybridized carbons (Fsp3) is 0.455. The van der Waals surface area contributed by atoms with Gasteiger partial charge in [0.15, 0.2) is 0 Å². The van der Waals surface area contributed by atoms with Crippen molar-refractivity contribution in [2.24, 2.45) is 0 Å². The molecule has 86 valence electrons. The molecule has 0 fully saturated rings. The highest BCUT2D eigenvalue weighted by Gasteiger charge is 2.13. The Labute approximate surface area is 98.7 Å². The molecule has 2 aromatic rings. The Hall–Kier alpha value is -1.20. The zero-order valence-electron chi connectivity index (χ0n) is 9.65. The highest BCUT2D eigenvalue weighted by atomic mass is 32.1. The van der Waals surface area contributed by atoms with Crippen molar-refractivity contribution in [1.29, 1.82) is 0 Å². The number of likely N-dealkylation sites (N-methyl/N-ethyl adjacent to an activating group) is 1. The number of rotatable bonds is 4. The summed E-state index contributed by atoms with van der Waals surface area (Å²) >= 11 is 1.70. The number of aromatic nitrogens is 2. The number of nitrogens with one attached hydrogen (secondary N) is 1. The summed E-state index contributed by atoms with van der Waals surface area (Å²) < 4.78 is 5.05. The van der Waals surface area contributed by atoms with Crippen LogP contribution in [0.5, 0.6) is 0 Å². The SMILES string of the molecule is CNCC(C)c1ncc(-c2cnoc2C)s1. The van der Waals surface area contributed by atoms with Crippen molar-refractivity contribution in [2.45, 2.75) is 19.8 Å². The van der Waals surface area contributed by atoms with Crippen molar-refractivity contribution in [3.63, 3.8) is 0 Å². The zero-order chi connectivity index (χ0) is 11.5. The van der Waals surface area contributed by atoms with Crippen LogP contribution in [-0.4, -0.2) is 23.7 Å². The summed E-state index contributed by atoms with van der Waals surface area (Å²) in [5, 5.41) is 8.08. The van der Waals surface area contributed by atoms with Crippen LogP contribution >= 0.6 is 11.3 Å². The van der Waals surface area contributed by atoms with Crippen LogP contribution in [0.1, 0.15) is 23.6 Å². The first-order chi connectivity index (χ1) is 7.72. The third-order valence-corrected chi connectivity index (χ3v) is 3.73. The molecule has 5 heteroatoms. The number of hydrogen-bond acceptors (Lipinski definition) is 5. The molecule has 0 spiro atoms. The maximum absolute atomic E-state index is 5.05. The molecule has 2 aromatic heterocycles. The van der Waals surface area contributed by atoms with Crippen LogP contribution < -0.4 is 5.32 Å². The molecule has 1 N–H and O–H groups in total. The van der Waals surface area contributed by atoms with Crippen molar-refractivity contribution >= 4 is 11.3 Å². The standard InChI is InChI=1S/C11H15N3OS/c1-7(4-12-3)11-13-6-10(16-11)9-5-14-15-8(9)2/h5-7,12H,4H2,1-3H3. The van der Waals surface area contributed by atoms with Crippen LogP contribution in [0, 0.1) is 6.92 Å². The Morgan fingerprint density at radius 2 is 2.31 bits per heavy atom. The van der Waals surface area contributed by atoms with Gasteiger partial charge in [-0.15, -0.1) is 11.3 Å². The summed E-state index contributed by atoms with van der Waals surface area (Å²) in [6, 6.07) is 0. The first-order valence-corrected chi connectivity index (χ1v) is 6.06. The second-order valence-corrected chi connectivity index (χ2v) is 4.88. The van der Waals surface area contributed by atoms with Crippen LogP contribution in [0.4, 0.5) is 0 Å². The van der Waals surface area contributed by atoms with Gasteiger partial charge in [-0.25, -0.2) is 4.98 Å². The summed E-state index contributed by atoms with van der Waals surface area (Å²) in [5.41, 5.74) is 1.04. The van der Waals surface area contributed by atoms with Crippen molar-refractivity contribution in [1.82, 2.24) is 15.5 Å². The molecule has 0 aliphatic heterocycles. The minimum atomic E-state index is 0.434. The Morgan fingerprint density at radius 1 is 1.50 bits per heavy atom. The summed E-state index contributed by atoms with van der Waals surface area (Å²) in [5.74, 6) is 1.28. The molecular weight excluding hydrogens is 222 g/mol. The zero-order valence-corrected chi connectivity index (χ0v) is 10.5. The van der Waals surface area contributed by atoms with Gasteiger partial charge in [-0.1, -0.05) is 12.1 Å². The molecule has 0 bridgehead atoms. The third-order valence-electron chi connectivity index (χ3n) is 2.47. The highest BCUT2D eigenvalue weighted by molar-refractivity contribution is 7.15. The number of nitrogens with zero attached hydrogens (tertiary/aromatic N) is 2. The predicted molar refractivity (Wildman–Crippen MR) is 64.7 cm³/mol. The van der Waals surface area contributed by atoms with E-state index in [0.717, 1.165) is 27.8 Å². The average Bonchev–Trinajstić information content (AvgIpc) is 2.86. The van der Waals surface area contributed by atoms with E-state index in [9.17, 15) is 0 Å². The van der Waals surface area contributed by atoms with Gasteiger partial charge in [-0.3, -0.25) is 0 Å². The first kappa shape index (κ1) is 11.3. The van der Waals surface area contributed by atoms with E-state index in [0.29, 0.717) is 5.92 Å². The van der Waals surface area contributed by atoms with Crippen LogP contribution in [-0.2, 0) is 0 Å². The lowest BCUT2D eigenvalue weighted by atomic mass is 10.2. The van der Waals surface area contributed by atoms with Gasteiger partial charge in [0.1, 0.15) is 5.76 Å². The largest absolute Gasteiger partial charge is 0.361 e. The maximum atomic E-state index is 5.05. The predicted octanol–water partition coefficient (Wildman–Crippen LogP) is 2.43. The molecule has 0 aromatic carbocycles. The second kappa shape index (κ2) is 4.76. The maximum Gasteiger partial charge on any atom is 0.142 e. The number of hydrogen-bond donors (Lipinski definition) is 1. The lowest BCUT2D eigenvalue weighted by molar-refractivity contribution is 0.398. The second-order valence-electron chi connectivity index (χ2n) is 3.82. The topological polar surface area (TPSA) is 51.0 Å². The summed E-state index contributed by atoms with van der Waals surface area (Å²) in [6.45, 7) is 5.02. The van der Waals surface area contributed by atoms with E-state index in [4.69, 9.17) is 4.52 Å². The van der Waals surface area contributed by atoms with E-state index in [1.165, 1.54) is 0 Å². The summed E-state index contributed by atoms with van der Waals surface area (Å²) in [7, 11) is 1.95. The van der Waals surface area contributed by atoms with E-state index in [1.54, 1.807) is 17.5 Å². The van der Waals surface area contributed by atoms with Crippen molar-refractivity contribution in [3.8, 4) is 10.4 Å².